The third-order valence-electron chi connectivity index (χ3n) is 8.16. The zero-order valence-corrected chi connectivity index (χ0v) is 21.4. The number of halogens is 3. The van der Waals surface area contributed by atoms with Crippen LogP contribution in [0, 0.1) is 11.2 Å². The number of hydrogen-bond donors (Lipinski definition) is 2. The number of fused-ring (bicyclic) bond motifs is 5. The Hall–Kier alpha value is -3.68. The average Bonchev–Trinajstić information content (AvgIpc) is 3.25. The van der Waals surface area contributed by atoms with Crippen molar-refractivity contribution in [2.45, 2.75) is 63.7 Å². The Morgan fingerprint density at radius 2 is 1.77 bits per heavy atom. The molecule has 6 rings (SSSR count). The molecule has 14 heteroatoms. The number of carbonyl (C=O) groups is 4. The van der Waals surface area contributed by atoms with Gasteiger partial charge >= 0.3 is 6.03 Å². The predicted octanol–water partition coefficient (Wildman–Crippen LogP) is 2.12. The van der Waals surface area contributed by atoms with Crippen LogP contribution in [-0.2, 0) is 20.7 Å². The SMILES string of the molecule is C[C@@H]1CN2c3c(cc4c(C(=O)N5CCC(F)(F)CC5)noc4c3F)CC3(C(=O)NC(=O)NC3=O)[C@H]2C(C)(C)O1. The summed E-state index contributed by atoms with van der Waals surface area (Å²) in [6.45, 7) is 4.86. The molecular weight excluding hydrogens is 523 g/mol. The highest BCUT2D eigenvalue weighted by Crippen LogP contribution is 2.51. The third kappa shape index (κ3) is 3.63. The van der Waals surface area contributed by atoms with Gasteiger partial charge < -0.3 is 19.1 Å². The summed E-state index contributed by atoms with van der Waals surface area (Å²) in [6.07, 6.45) is -1.74. The maximum atomic E-state index is 16.2. The minimum absolute atomic E-state index is 0.00421. The molecule has 1 aromatic carbocycles. The lowest BCUT2D eigenvalue weighted by atomic mass is 9.63. The number of nitrogens with zero attached hydrogens (tertiary/aromatic N) is 3. The summed E-state index contributed by atoms with van der Waals surface area (Å²) < 4.78 is 54.9. The first-order valence-electron chi connectivity index (χ1n) is 12.6. The van der Waals surface area contributed by atoms with Crippen molar-refractivity contribution in [3.63, 3.8) is 0 Å². The van der Waals surface area contributed by atoms with E-state index in [9.17, 15) is 28.0 Å². The number of urea groups is 1. The molecule has 5 heterocycles. The number of alkyl halides is 2. The molecule has 2 N–H and O–H groups in total. The number of anilines is 1. The van der Waals surface area contributed by atoms with Crippen LogP contribution in [0.25, 0.3) is 11.0 Å². The first-order valence-corrected chi connectivity index (χ1v) is 12.6. The fourth-order valence-corrected chi connectivity index (χ4v) is 6.69. The molecule has 4 aliphatic rings. The number of carbonyl (C=O) groups excluding carboxylic acids is 4. The quantitative estimate of drug-likeness (QED) is 0.517. The molecular formula is C25H26F3N5O6. The van der Waals surface area contributed by atoms with E-state index in [1.807, 2.05) is 0 Å². The fourth-order valence-electron chi connectivity index (χ4n) is 6.69. The van der Waals surface area contributed by atoms with E-state index in [0.717, 1.165) is 0 Å². The molecule has 1 aromatic heterocycles. The molecule has 4 aliphatic heterocycles. The maximum Gasteiger partial charge on any atom is 0.328 e. The summed E-state index contributed by atoms with van der Waals surface area (Å²) in [5, 5.41) is 8.13. The number of aromatic nitrogens is 1. The van der Waals surface area contributed by atoms with Crippen LogP contribution >= 0.6 is 0 Å². The van der Waals surface area contributed by atoms with Crippen LogP contribution in [0.1, 0.15) is 49.7 Å². The van der Waals surface area contributed by atoms with Crippen LogP contribution in [-0.4, -0.2) is 77.1 Å². The number of likely N-dealkylation sites (tertiary alicyclic amines) is 1. The van der Waals surface area contributed by atoms with Crippen LogP contribution in [0.2, 0.25) is 0 Å². The highest BCUT2D eigenvalue weighted by molar-refractivity contribution is 6.20. The third-order valence-corrected chi connectivity index (χ3v) is 8.16. The topological polar surface area (TPSA) is 134 Å². The van der Waals surface area contributed by atoms with E-state index >= 15 is 4.39 Å². The van der Waals surface area contributed by atoms with Crippen molar-refractivity contribution >= 4 is 40.4 Å². The minimum atomic E-state index is -2.87. The summed E-state index contributed by atoms with van der Waals surface area (Å²) in [5.74, 6) is -6.09. The van der Waals surface area contributed by atoms with Crippen LogP contribution < -0.4 is 15.5 Å². The van der Waals surface area contributed by atoms with Crippen LogP contribution in [0.4, 0.5) is 23.7 Å². The number of imide groups is 2. The first kappa shape index (κ1) is 25.6. The van der Waals surface area contributed by atoms with Gasteiger partial charge in [0.25, 0.3) is 11.8 Å². The van der Waals surface area contributed by atoms with Gasteiger partial charge in [-0.1, -0.05) is 5.16 Å². The Labute approximate surface area is 219 Å². The fraction of sp³-hybridized carbons (Fsp3) is 0.560. The average molecular weight is 550 g/mol. The van der Waals surface area contributed by atoms with Crippen molar-refractivity contribution in [1.82, 2.24) is 20.7 Å². The number of nitrogens with one attached hydrogen (secondary N) is 2. The summed E-state index contributed by atoms with van der Waals surface area (Å²) in [7, 11) is 0. The number of barbiturate groups is 1. The van der Waals surface area contributed by atoms with E-state index in [4.69, 9.17) is 9.26 Å². The second kappa shape index (κ2) is 8.16. The highest BCUT2D eigenvalue weighted by Gasteiger charge is 2.66. The van der Waals surface area contributed by atoms with E-state index in [1.165, 1.54) is 11.0 Å². The normalized spacial score (nSPS) is 27.2. The lowest BCUT2D eigenvalue weighted by Gasteiger charge is -2.59. The summed E-state index contributed by atoms with van der Waals surface area (Å²) >= 11 is 0. The number of piperidine rings is 1. The first-order chi connectivity index (χ1) is 18.2. The maximum absolute atomic E-state index is 16.2. The Kier molecular flexibility index (Phi) is 5.36. The van der Waals surface area contributed by atoms with Gasteiger partial charge in [0.2, 0.25) is 17.4 Å². The Morgan fingerprint density at radius 3 is 2.41 bits per heavy atom. The number of hydrogen-bond acceptors (Lipinski definition) is 8. The van der Waals surface area contributed by atoms with Crippen molar-refractivity contribution in [2.24, 2.45) is 5.41 Å². The molecule has 208 valence electrons. The number of ether oxygens (including phenoxy) is 1. The molecule has 0 radical (unpaired) electrons. The van der Waals surface area contributed by atoms with Crippen molar-refractivity contribution < 1.29 is 41.6 Å². The monoisotopic (exact) mass is 549 g/mol. The molecule has 11 nitrogen and oxygen atoms in total. The Morgan fingerprint density at radius 1 is 1.13 bits per heavy atom. The van der Waals surface area contributed by atoms with Gasteiger partial charge in [0.1, 0.15) is 0 Å². The van der Waals surface area contributed by atoms with Crippen LogP contribution in [0.15, 0.2) is 10.6 Å². The molecule has 0 saturated carbocycles. The molecule has 0 unspecified atom stereocenters. The molecule has 39 heavy (non-hydrogen) atoms. The molecule has 3 fully saturated rings. The van der Waals surface area contributed by atoms with Crippen molar-refractivity contribution in [1.29, 1.82) is 0 Å². The lowest BCUT2D eigenvalue weighted by molar-refractivity contribution is -0.165. The van der Waals surface area contributed by atoms with Gasteiger partial charge in [0, 0.05) is 38.9 Å². The van der Waals surface area contributed by atoms with Gasteiger partial charge in [-0.05, 0) is 32.4 Å². The molecule has 5 amide bonds. The second-order valence-electron chi connectivity index (χ2n) is 11.2. The van der Waals surface area contributed by atoms with E-state index in [1.54, 1.807) is 25.7 Å². The van der Waals surface area contributed by atoms with E-state index < -0.39 is 71.5 Å². The number of rotatable bonds is 1. The smallest absolute Gasteiger partial charge is 0.328 e. The molecule has 0 bridgehead atoms. The molecule has 2 atom stereocenters. The second-order valence-corrected chi connectivity index (χ2v) is 11.2. The minimum Gasteiger partial charge on any atom is -0.369 e. The van der Waals surface area contributed by atoms with Gasteiger partial charge in [-0.15, -0.1) is 0 Å². The van der Waals surface area contributed by atoms with Gasteiger partial charge in [-0.25, -0.2) is 18.0 Å². The van der Waals surface area contributed by atoms with Crippen molar-refractivity contribution in [3.05, 3.63) is 23.1 Å². The molecule has 2 aromatic rings. The summed E-state index contributed by atoms with van der Waals surface area (Å²) in [4.78, 5) is 54.8. The number of benzene rings is 1. The van der Waals surface area contributed by atoms with Gasteiger partial charge in [0.15, 0.2) is 16.9 Å². The van der Waals surface area contributed by atoms with Gasteiger partial charge in [-0.2, -0.15) is 0 Å². The zero-order valence-electron chi connectivity index (χ0n) is 21.4. The van der Waals surface area contributed by atoms with Crippen molar-refractivity contribution in [3.8, 4) is 0 Å². The van der Waals surface area contributed by atoms with Gasteiger partial charge in [0.05, 0.1) is 28.8 Å². The Balaban J connectivity index is 1.51. The number of amides is 5. The van der Waals surface area contributed by atoms with Gasteiger partial charge in [-0.3, -0.25) is 25.0 Å². The molecule has 1 spiro atoms. The van der Waals surface area contributed by atoms with E-state index in [0.29, 0.717) is 0 Å². The zero-order chi connectivity index (χ0) is 28.1. The highest BCUT2D eigenvalue weighted by atomic mass is 19.3. The number of morpholine rings is 1. The van der Waals surface area contributed by atoms with Crippen LogP contribution in [0.5, 0.6) is 0 Å². The lowest BCUT2D eigenvalue weighted by Crippen LogP contribution is -2.77. The van der Waals surface area contributed by atoms with Crippen molar-refractivity contribution in [2.75, 3.05) is 24.5 Å². The Bertz CT molecular complexity index is 1430. The van der Waals surface area contributed by atoms with E-state index in [2.05, 4.69) is 15.8 Å². The van der Waals surface area contributed by atoms with E-state index in [-0.39, 0.29) is 54.0 Å². The predicted molar refractivity (Wildman–Crippen MR) is 128 cm³/mol. The standard InChI is InChI=1S/C25H26F3N5O6/c1-11-10-33-16-12(9-25(19(33)23(2,3)38-11)20(35)29-22(37)30-21(25)36)8-13-15(31-39-17(13)14(16)26)18(34)32-6-4-24(27,28)5-7-32/h8,11,19H,4-7,9-10H2,1-3H3,(H2,29,30,35,36,37)/t11-,19-/m1/s1. The van der Waals surface area contributed by atoms with Crippen LogP contribution in [0.3, 0.4) is 0 Å². The summed E-state index contributed by atoms with van der Waals surface area (Å²) in [6, 6.07) is -0.526. The largest absolute Gasteiger partial charge is 0.369 e. The molecule has 3 saturated heterocycles. The molecule has 0 aliphatic carbocycles. The summed E-state index contributed by atoms with van der Waals surface area (Å²) in [5.41, 5.74) is -3.26.